The zero-order valence-corrected chi connectivity index (χ0v) is 12.1. The van der Waals surface area contributed by atoms with E-state index in [4.69, 9.17) is 0 Å². The molecule has 0 aliphatic heterocycles. The van der Waals surface area contributed by atoms with Crippen molar-refractivity contribution in [2.24, 2.45) is 0 Å². The zero-order valence-electron chi connectivity index (χ0n) is 12.1. The van der Waals surface area contributed by atoms with E-state index in [9.17, 15) is 14.7 Å². The molecule has 2 rings (SSSR count). The molecule has 110 valence electrons. The number of ketones is 1. The summed E-state index contributed by atoms with van der Waals surface area (Å²) in [7, 11) is 0. The van der Waals surface area contributed by atoms with E-state index >= 15 is 0 Å². The largest absolute Gasteiger partial charge is 0.478 e. The van der Waals surface area contributed by atoms with E-state index in [1.54, 1.807) is 19.2 Å². The number of aryl methyl sites for hydroxylation is 2. The van der Waals surface area contributed by atoms with Crippen molar-refractivity contribution in [1.82, 2.24) is 4.57 Å². The fourth-order valence-electron chi connectivity index (χ4n) is 2.37. The summed E-state index contributed by atoms with van der Waals surface area (Å²) in [5, 5.41) is 9.27. The van der Waals surface area contributed by atoms with Crippen molar-refractivity contribution in [1.29, 1.82) is 0 Å². The number of hydrogen-bond donors (Lipinski definition) is 1. The van der Waals surface area contributed by atoms with Crippen molar-refractivity contribution in [3.63, 3.8) is 0 Å². The summed E-state index contributed by atoms with van der Waals surface area (Å²) in [6.45, 7) is 2.08. The Labute approximate surface area is 124 Å². The Hall–Kier alpha value is -2.36. The third-order valence-corrected chi connectivity index (χ3v) is 3.51. The molecule has 1 aromatic heterocycles. The summed E-state index contributed by atoms with van der Waals surface area (Å²) in [4.78, 5) is 22.4. The lowest BCUT2D eigenvalue weighted by Crippen LogP contribution is -2.10. The maximum atomic E-state index is 11.3. The molecule has 1 aromatic carbocycles. The maximum Gasteiger partial charge on any atom is 0.337 e. The van der Waals surface area contributed by atoms with Gasteiger partial charge in [0, 0.05) is 24.9 Å². The molecule has 0 unspecified atom stereocenters. The predicted octanol–water partition coefficient (Wildman–Crippen LogP) is 2.95. The minimum atomic E-state index is -0.917. The molecule has 0 saturated carbocycles. The van der Waals surface area contributed by atoms with Gasteiger partial charge in [0.1, 0.15) is 5.78 Å². The molecule has 1 N–H and O–H groups in total. The van der Waals surface area contributed by atoms with Crippen LogP contribution in [0, 0.1) is 0 Å². The van der Waals surface area contributed by atoms with Gasteiger partial charge in [-0.15, -0.1) is 0 Å². The van der Waals surface area contributed by atoms with Crippen LogP contribution in [0.25, 0.3) is 0 Å². The summed E-state index contributed by atoms with van der Waals surface area (Å²) >= 11 is 0. The highest BCUT2D eigenvalue weighted by Crippen LogP contribution is 2.15. The lowest BCUT2D eigenvalue weighted by atomic mass is 10.1. The Balaban J connectivity index is 2.16. The molecule has 2 aromatic rings. The number of carboxylic acids is 1. The van der Waals surface area contributed by atoms with Crippen LogP contribution < -0.4 is 0 Å². The quantitative estimate of drug-likeness (QED) is 0.851. The summed E-state index contributed by atoms with van der Waals surface area (Å²) in [5.74, 6) is -0.811. The fourth-order valence-corrected chi connectivity index (χ4v) is 2.37. The molecule has 21 heavy (non-hydrogen) atoms. The third kappa shape index (κ3) is 4.05. The Morgan fingerprint density at radius 1 is 1.10 bits per heavy atom. The molecule has 4 nitrogen and oxygen atoms in total. The lowest BCUT2D eigenvalue weighted by molar-refractivity contribution is -0.117. The van der Waals surface area contributed by atoms with Crippen molar-refractivity contribution in [3.8, 4) is 0 Å². The number of Topliss-reactive ketones (excluding diaryl/α,β-unsaturated/α-hetero) is 1. The van der Waals surface area contributed by atoms with Crippen LogP contribution in [0.2, 0.25) is 0 Å². The molecule has 1 heterocycles. The predicted molar refractivity (Wildman–Crippen MR) is 80.5 cm³/mol. The van der Waals surface area contributed by atoms with Crippen LogP contribution in [0.5, 0.6) is 0 Å². The Bertz CT molecular complexity index is 629. The van der Waals surface area contributed by atoms with Gasteiger partial charge >= 0.3 is 5.97 Å². The first kappa shape index (κ1) is 15.0. The highest BCUT2D eigenvalue weighted by atomic mass is 16.4. The van der Waals surface area contributed by atoms with Gasteiger partial charge in [-0.05, 0) is 31.4 Å². The molecule has 0 radical (unpaired) electrons. The third-order valence-electron chi connectivity index (χ3n) is 3.51. The number of carbonyl (C=O) groups is 2. The standard InChI is InChI=1S/C17H19NO3/c1-13(19)9-11-18-12-10-15(17(20)21)16(18)8-7-14-5-3-2-4-6-14/h2-6,10,12H,7-9,11H2,1H3,(H,20,21). The number of carboxylic acid groups (broad SMARTS) is 1. The normalized spacial score (nSPS) is 10.5. The Morgan fingerprint density at radius 3 is 2.43 bits per heavy atom. The first-order valence-corrected chi connectivity index (χ1v) is 7.02. The van der Waals surface area contributed by atoms with Crippen LogP contribution in [0.4, 0.5) is 0 Å². The molecule has 4 heteroatoms. The first-order valence-electron chi connectivity index (χ1n) is 7.02. The molecule has 0 amide bonds. The van der Waals surface area contributed by atoms with Gasteiger partial charge < -0.3 is 9.67 Å². The molecule has 0 aliphatic rings. The van der Waals surface area contributed by atoms with E-state index in [1.165, 1.54) is 5.56 Å². The molecular formula is C17H19NO3. The number of benzene rings is 1. The van der Waals surface area contributed by atoms with Crippen LogP contribution in [0.1, 0.15) is 35.0 Å². The molecule has 0 spiro atoms. The van der Waals surface area contributed by atoms with E-state index < -0.39 is 5.97 Å². The second-order valence-electron chi connectivity index (χ2n) is 5.11. The van der Waals surface area contributed by atoms with Gasteiger partial charge in [0.15, 0.2) is 0 Å². The number of rotatable bonds is 7. The van der Waals surface area contributed by atoms with E-state index in [-0.39, 0.29) is 5.78 Å². The molecular weight excluding hydrogens is 266 g/mol. The van der Waals surface area contributed by atoms with Gasteiger partial charge in [0.25, 0.3) is 0 Å². The van der Waals surface area contributed by atoms with Crippen molar-refractivity contribution in [3.05, 3.63) is 59.4 Å². The minimum absolute atomic E-state index is 0.106. The van der Waals surface area contributed by atoms with E-state index in [0.717, 1.165) is 12.1 Å². The van der Waals surface area contributed by atoms with Gasteiger partial charge in [0.2, 0.25) is 0 Å². The maximum absolute atomic E-state index is 11.3. The van der Waals surface area contributed by atoms with Gasteiger partial charge in [0.05, 0.1) is 5.56 Å². The average molecular weight is 285 g/mol. The second-order valence-corrected chi connectivity index (χ2v) is 5.11. The highest BCUT2D eigenvalue weighted by Gasteiger charge is 2.15. The molecule has 0 aliphatic carbocycles. The molecule has 0 saturated heterocycles. The second kappa shape index (κ2) is 6.88. The number of aromatic nitrogens is 1. The summed E-state index contributed by atoms with van der Waals surface area (Å²) in [6.07, 6.45) is 3.61. The van der Waals surface area contributed by atoms with Crippen LogP contribution in [0.3, 0.4) is 0 Å². The first-order chi connectivity index (χ1) is 10.1. The van der Waals surface area contributed by atoms with Gasteiger partial charge in [-0.25, -0.2) is 4.79 Å². The van der Waals surface area contributed by atoms with Crippen LogP contribution in [0.15, 0.2) is 42.6 Å². The average Bonchev–Trinajstić information content (AvgIpc) is 2.87. The van der Waals surface area contributed by atoms with Crippen LogP contribution >= 0.6 is 0 Å². The summed E-state index contributed by atoms with van der Waals surface area (Å²) in [5.41, 5.74) is 2.29. The Morgan fingerprint density at radius 2 is 1.81 bits per heavy atom. The van der Waals surface area contributed by atoms with Crippen molar-refractivity contribution in [2.45, 2.75) is 32.7 Å². The van der Waals surface area contributed by atoms with Crippen LogP contribution in [-0.2, 0) is 24.2 Å². The van der Waals surface area contributed by atoms with E-state index in [0.29, 0.717) is 24.9 Å². The number of nitrogens with zero attached hydrogens (tertiary/aromatic N) is 1. The molecule has 0 bridgehead atoms. The minimum Gasteiger partial charge on any atom is -0.478 e. The SMILES string of the molecule is CC(=O)CCn1ccc(C(=O)O)c1CCc1ccccc1. The van der Waals surface area contributed by atoms with Crippen molar-refractivity contribution < 1.29 is 14.7 Å². The number of hydrogen-bond acceptors (Lipinski definition) is 2. The number of carbonyl (C=O) groups excluding carboxylic acids is 1. The van der Waals surface area contributed by atoms with Gasteiger partial charge in [-0.2, -0.15) is 0 Å². The van der Waals surface area contributed by atoms with Gasteiger partial charge in [-0.1, -0.05) is 30.3 Å². The van der Waals surface area contributed by atoms with Crippen LogP contribution in [-0.4, -0.2) is 21.4 Å². The zero-order chi connectivity index (χ0) is 15.2. The number of aromatic carboxylic acids is 1. The molecule has 0 atom stereocenters. The summed E-state index contributed by atoms with van der Waals surface area (Å²) in [6, 6.07) is 11.6. The topological polar surface area (TPSA) is 59.3 Å². The monoisotopic (exact) mass is 285 g/mol. The fraction of sp³-hybridized carbons (Fsp3) is 0.294. The van der Waals surface area contributed by atoms with Crippen molar-refractivity contribution in [2.75, 3.05) is 0 Å². The van der Waals surface area contributed by atoms with E-state index in [2.05, 4.69) is 0 Å². The highest BCUT2D eigenvalue weighted by molar-refractivity contribution is 5.89. The van der Waals surface area contributed by atoms with Crippen molar-refractivity contribution >= 4 is 11.8 Å². The van der Waals surface area contributed by atoms with Gasteiger partial charge in [-0.3, -0.25) is 4.79 Å². The Kier molecular flexibility index (Phi) is 4.93. The van der Waals surface area contributed by atoms with E-state index in [1.807, 2.05) is 34.9 Å². The molecule has 0 fully saturated rings. The smallest absolute Gasteiger partial charge is 0.337 e. The summed E-state index contributed by atoms with van der Waals surface area (Å²) < 4.78 is 1.88. The lowest BCUT2D eigenvalue weighted by Gasteiger charge is -2.10.